The standard InChI is InChI=1S/C40H28N4O2/c1-3-7-27(8-4-1)29-11-19-33(20-12-29)37-41-43-39(45-37)35-23-15-31(16-24-35)32-17-25-36(26-18-32)40-44-42-38(46-40)34-21-13-30(14-22-34)28-9-5-2-6-10-28/h1-13,15-21,23-26H,14,22H2. The number of hydrogen-bond donors (Lipinski definition) is 0. The van der Waals surface area contributed by atoms with Gasteiger partial charge in [0.1, 0.15) is 0 Å². The minimum atomic E-state index is 0.482. The van der Waals surface area contributed by atoms with Gasteiger partial charge in [0.2, 0.25) is 23.6 Å². The highest BCUT2D eigenvalue weighted by atomic mass is 16.4. The van der Waals surface area contributed by atoms with E-state index in [4.69, 9.17) is 8.83 Å². The molecule has 8 rings (SSSR count). The molecule has 0 bridgehead atoms. The molecule has 6 nitrogen and oxygen atoms in total. The van der Waals surface area contributed by atoms with Crippen LogP contribution in [-0.4, -0.2) is 20.4 Å². The van der Waals surface area contributed by atoms with Gasteiger partial charge < -0.3 is 8.83 Å². The van der Waals surface area contributed by atoms with E-state index in [2.05, 4.69) is 105 Å². The molecule has 1 aliphatic rings. The minimum Gasteiger partial charge on any atom is -0.416 e. The van der Waals surface area contributed by atoms with Crippen LogP contribution in [0.15, 0.2) is 154 Å². The Morgan fingerprint density at radius 2 is 0.630 bits per heavy atom. The fraction of sp³-hybridized carbons (Fsp3) is 0.0500. The van der Waals surface area contributed by atoms with Crippen LogP contribution in [0.25, 0.3) is 67.8 Å². The third-order valence-electron chi connectivity index (χ3n) is 8.25. The lowest BCUT2D eigenvalue weighted by atomic mass is 9.93. The van der Waals surface area contributed by atoms with Crippen LogP contribution in [0.2, 0.25) is 0 Å². The van der Waals surface area contributed by atoms with Crippen molar-refractivity contribution in [1.82, 2.24) is 20.4 Å². The minimum absolute atomic E-state index is 0.482. The van der Waals surface area contributed by atoms with Gasteiger partial charge in [-0.15, -0.1) is 20.4 Å². The summed E-state index contributed by atoms with van der Waals surface area (Å²) < 4.78 is 12.1. The fourth-order valence-corrected chi connectivity index (χ4v) is 5.68. The van der Waals surface area contributed by atoms with Crippen LogP contribution in [0.1, 0.15) is 24.3 Å². The Balaban J connectivity index is 0.938. The van der Waals surface area contributed by atoms with Crippen molar-refractivity contribution in [3.05, 3.63) is 157 Å². The van der Waals surface area contributed by atoms with Crippen molar-refractivity contribution in [3.8, 4) is 56.6 Å². The Labute approximate surface area is 266 Å². The Morgan fingerprint density at radius 3 is 1.07 bits per heavy atom. The van der Waals surface area contributed by atoms with E-state index in [1.807, 2.05) is 60.7 Å². The molecule has 46 heavy (non-hydrogen) atoms. The smallest absolute Gasteiger partial charge is 0.248 e. The highest BCUT2D eigenvalue weighted by Crippen LogP contribution is 2.33. The van der Waals surface area contributed by atoms with E-state index in [1.54, 1.807) is 0 Å². The van der Waals surface area contributed by atoms with Gasteiger partial charge in [-0.1, -0.05) is 109 Å². The Bertz CT molecular complexity index is 2160. The highest BCUT2D eigenvalue weighted by molar-refractivity contribution is 5.76. The molecule has 0 aliphatic heterocycles. The lowest BCUT2D eigenvalue weighted by Gasteiger charge is -2.12. The number of benzene rings is 5. The predicted octanol–water partition coefficient (Wildman–Crippen LogP) is 10.0. The third kappa shape index (κ3) is 5.60. The van der Waals surface area contributed by atoms with E-state index in [-0.39, 0.29) is 0 Å². The molecule has 0 saturated carbocycles. The lowest BCUT2D eigenvalue weighted by molar-refractivity contribution is 0.550. The summed E-state index contributed by atoms with van der Waals surface area (Å²) in [7, 11) is 0. The lowest BCUT2D eigenvalue weighted by Crippen LogP contribution is -1.93. The van der Waals surface area contributed by atoms with E-state index < -0.39 is 0 Å². The molecule has 0 radical (unpaired) electrons. The fourth-order valence-electron chi connectivity index (χ4n) is 5.68. The quantitative estimate of drug-likeness (QED) is 0.182. The number of hydrogen-bond acceptors (Lipinski definition) is 6. The van der Waals surface area contributed by atoms with E-state index in [0.717, 1.165) is 51.8 Å². The number of aromatic nitrogens is 4. The van der Waals surface area contributed by atoms with Gasteiger partial charge in [0, 0.05) is 22.3 Å². The Hall–Kier alpha value is -6.14. The van der Waals surface area contributed by atoms with E-state index in [9.17, 15) is 0 Å². The van der Waals surface area contributed by atoms with Crippen molar-refractivity contribution in [1.29, 1.82) is 0 Å². The van der Waals surface area contributed by atoms with Crippen LogP contribution < -0.4 is 0 Å². The molecule has 0 N–H and O–H groups in total. The maximum Gasteiger partial charge on any atom is 0.248 e. The van der Waals surface area contributed by atoms with Gasteiger partial charge in [-0.05, 0) is 82.6 Å². The zero-order valence-corrected chi connectivity index (χ0v) is 24.9. The monoisotopic (exact) mass is 596 g/mol. The van der Waals surface area contributed by atoms with Gasteiger partial charge in [-0.2, -0.15) is 0 Å². The summed E-state index contributed by atoms with van der Waals surface area (Å²) in [6.07, 6.45) is 6.05. The normalized spacial score (nSPS) is 12.9. The molecule has 0 spiro atoms. The highest BCUT2D eigenvalue weighted by Gasteiger charge is 2.17. The SMILES string of the molecule is C1=C(c2ccccc2)CCC(c2nnc(-c3ccc(-c4ccc(-c5nnc(-c6ccc(-c7ccccc7)cc6)o5)cc4)cc3)o2)=C1. The summed E-state index contributed by atoms with van der Waals surface area (Å²) in [5.74, 6) is 2.06. The average Bonchev–Trinajstić information content (AvgIpc) is 3.84. The zero-order chi connectivity index (χ0) is 30.7. The van der Waals surface area contributed by atoms with Crippen LogP contribution in [0.5, 0.6) is 0 Å². The van der Waals surface area contributed by atoms with Crippen molar-refractivity contribution < 1.29 is 8.83 Å². The summed E-state index contributed by atoms with van der Waals surface area (Å²) in [5, 5.41) is 17.2. The van der Waals surface area contributed by atoms with Gasteiger partial charge in [-0.3, -0.25) is 0 Å². The van der Waals surface area contributed by atoms with Crippen LogP contribution in [0, 0.1) is 0 Å². The van der Waals surface area contributed by atoms with Gasteiger partial charge in [-0.25, -0.2) is 0 Å². The van der Waals surface area contributed by atoms with Crippen LogP contribution in [-0.2, 0) is 0 Å². The largest absolute Gasteiger partial charge is 0.416 e. The number of allylic oxidation sites excluding steroid dienone is 4. The molecule has 0 saturated heterocycles. The van der Waals surface area contributed by atoms with Crippen molar-refractivity contribution in [2.24, 2.45) is 0 Å². The molecule has 0 fully saturated rings. The molecule has 0 amide bonds. The topological polar surface area (TPSA) is 77.8 Å². The molecule has 6 heteroatoms. The molecule has 7 aromatic rings. The number of rotatable bonds is 7. The second kappa shape index (κ2) is 12.1. The number of nitrogens with zero attached hydrogens (tertiary/aromatic N) is 4. The Kier molecular flexibility index (Phi) is 7.21. The molecule has 220 valence electrons. The summed E-state index contributed by atoms with van der Waals surface area (Å²) >= 11 is 0. The first kappa shape index (κ1) is 27.4. The van der Waals surface area contributed by atoms with E-state index in [1.165, 1.54) is 16.7 Å². The first-order valence-corrected chi connectivity index (χ1v) is 15.3. The van der Waals surface area contributed by atoms with Crippen molar-refractivity contribution in [2.45, 2.75) is 12.8 Å². The molecular weight excluding hydrogens is 568 g/mol. The summed E-state index contributed by atoms with van der Waals surface area (Å²) in [6, 6.07) is 45.1. The Morgan fingerprint density at radius 1 is 0.304 bits per heavy atom. The van der Waals surface area contributed by atoms with Gasteiger partial charge in [0.25, 0.3) is 0 Å². The summed E-state index contributed by atoms with van der Waals surface area (Å²) in [4.78, 5) is 0. The second-order valence-electron chi connectivity index (χ2n) is 11.2. The molecule has 0 atom stereocenters. The first-order valence-electron chi connectivity index (χ1n) is 15.3. The maximum atomic E-state index is 6.08. The summed E-state index contributed by atoms with van der Waals surface area (Å²) in [6.45, 7) is 0. The van der Waals surface area contributed by atoms with Crippen molar-refractivity contribution in [2.75, 3.05) is 0 Å². The molecule has 2 aromatic heterocycles. The van der Waals surface area contributed by atoms with Crippen LogP contribution in [0.4, 0.5) is 0 Å². The average molecular weight is 597 g/mol. The maximum absolute atomic E-state index is 6.08. The van der Waals surface area contributed by atoms with E-state index >= 15 is 0 Å². The van der Waals surface area contributed by atoms with Gasteiger partial charge in [0.15, 0.2) is 0 Å². The van der Waals surface area contributed by atoms with Gasteiger partial charge in [0.05, 0.1) is 0 Å². The summed E-state index contributed by atoms with van der Waals surface area (Å²) in [5.41, 5.74) is 10.7. The second-order valence-corrected chi connectivity index (χ2v) is 11.2. The first-order chi connectivity index (χ1) is 22.8. The van der Waals surface area contributed by atoms with Crippen LogP contribution >= 0.6 is 0 Å². The van der Waals surface area contributed by atoms with Gasteiger partial charge >= 0.3 is 0 Å². The third-order valence-corrected chi connectivity index (χ3v) is 8.25. The predicted molar refractivity (Wildman–Crippen MR) is 181 cm³/mol. The molecule has 1 aliphatic carbocycles. The molecule has 5 aromatic carbocycles. The zero-order valence-electron chi connectivity index (χ0n) is 24.9. The molecule has 2 heterocycles. The van der Waals surface area contributed by atoms with Crippen molar-refractivity contribution in [3.63, 3.8) is 0 Å². The van der Waals surface area contributed by atoms with Crippen LogP contribution in [0.3, 0.4) is 0 Å². The van der Waals surface area contributed by atoms with Crippen molar-refractivity contribution >= 4 is 11.1 Å². The molecule has 0 unspecified atom stereocenters. The van der Waals surface area contributed by atoms with E-state index in [0.29, 0.717) is 23.6 Å². The molecular formula is C40H28N4O2.